The number of benzene rings is 4. The van der Waals surface area contributed by atoms with Crippen molar-refractivity contribution in [2.45, 2.75) is 6.42 Å². The summed E-state index contributed by atoms with van der Waals surface area (Å²) in [6, 6.07) is 26.9. The number of nitrogens with one attached hydrogen (secondary N) is 2. The largest absolute Gasteiger partial charge is 0.279 e. The van der Waals surface area contributed by atoms with Crippen LogP contribution in [0.5, 0.6) is 0 Å². The van der Waals surface area contributed by atoms with Crippen LogP contribution < -0.4 is 20.6 Å². The SMILES string of the molecule is Cn1c(=O)c(-c2nnc(-c3ccccc3)s2)c2ncc(NS(=O)(=O)C=Cc3ccc(Cc4ccc(-c5nnc(-c6c(=O)n(C)n7cc(NS(=O)(=O)C=Cc8c(Cl)ccc(F)c8Cl)cnc67)s5)cc4)cc3)cn21. The van der Waals surface area contributed by atoms with Gasteiger partial charge < -0.3 is 0 Å². The van der Waals surface area contributed by atoms with Crippen LogP contribution in [0.2, 0.25) is 10.0 Å². The van der Waals surface area contributed by atoms with Gasteiger partial charge in [-0.15, -0.1) is 20.4 Å². The van der Waals surface area contributed by atoms with Crippen molar-refractivity contribution >= 4 is 101 Å². The normalized spacial score (nSPS) is 12.2. The summed E-state index contributed by atoms with van der Waals surface area (Å²) in [5, 5.41) is 20.6. The van der Waals surface area contributed by atoms with E-state index in [1.807, 2.05) is 78.9 Å². The van der Waals surface area contributed by atoms with Gasteiger partial charge in [0.05, 0.1) is 52.0 Å². The third kappa shape index (κ3) is 9.72. The first kappa shape index (κ1) is 48.0. The number of halogens is 3. The van der Waals surface area contributed by atoms with E-state index in [9.17, 15) is 30.8 Å². The molecule has 0 aliphatic heterocycles. The molecule has 6 heterocycles. The first-order valence-corrected chi connectivity index (χ1v) is 26.6. The fraction of sp³-hybridized carbons (Fsp3) is 0.0638. The number of rotatable bonds is 14. The van der Waals surface area contributed by atoms with Gasteiger partial charge in [-0.2, -0.15) is 0 Å². The lowest BCUT2D eigenvalue weighted by molar-refractivity contribution is 0.607. The Morgan fingerprint density at radius 3 is 1.61 bits per heavy atom. The average Bonchev–Trinajstić information content (AvgIpc) is 4.16. The van der Waals surface area contributed by atoms with E-state index in [1.165, 1.54) is 85.0 Å². The fourth-order valence-corrected chi connectivity index (χ4v) is 11.4. The molecule has 25 heteroatoms. The highest BCUT2D eigenvalue weighted by molar-refractivity contribution is 7.96. The molecule has 4 aromatic carbocycles. The number of hydrogen-bond acceptors (Lipinski definition) is 14. The maximum atomic E-state index is 13.9. The predicted molar refractivity (Wildman–Crippen MR) is 278 cm³/mol. The second kappa shape index (κ2) is 19.2. The molecule has 0 fully saturated rings. The third-order valence-corrected chi connectivity index (χ3v) is 15.8. The number of aromatic nitrogens is 10. The molecule has 18 nitrogen and oxygen atoms in total. The quantitative estimate of drug-likeness (QED) is 0.0977. The van der Waals surface area contributed by atoms with Crippen LogP contribution in [-0.2, 0) is 40.6 Å². The van der Waals surface area contributed by atoms with Crippen molar-refractivity contribution in [2.75, 3.05) is 9.44 Å². The van der Waals surface area contributed by atoms with Crippen LogP contribution in [0.25, 0.3) is 65.7 Å². The van der Waals surface area contributed by atoms with Gasteiger partial charge >= 0.3 is 0 Å². The molecule has 0 spiro atoms. The number of nitrogens with zero attached hydrogens (tertiary/aromatic N) is 10. The molecule has 72 heavy (non-hydrogen) atoms. The number of anilines is 2. The van der Waals surface area contributed by atoms with Gasteiger partial charge in [-0.05, 0) is 47.4 Å². The van der Waals surface area contributed by atoms with Gasteiger partial charge in [-0.3, -0.25) is 19.0 Å². The highest BCUT2D eigenvalue weighted by atomic mass is 35.5. The molecule has 0 radical (unpaired) electrons. The van der Waals surface area contributed by atoms with E-state index in [1.54, 1.807) is 7.05 Å². The van der Waals surface area contributed by atoms with E-state index < -0.39 is 31.4 Å². The first-order valence-electron chi connectivity index (χ1n) is 21.1. The smallest absolute Gasteiger partial charge is 0.277 e. The minimum atomic E-state index is -4.16. The molecule has 362 valence electrons. The maximum absolute atomic E-state index is 13.9. The Balaban J connectivity index is 0.772. The molecule has 0 atom stereocenters. The molecule has 10 aromatic rings. The van der Waals surface area contributed by atoms with Crippen molar-refractivity contribution < 1.29 is 21.2 Å². The monoisotopic (exact) mass is 1080 g/mol. The van der Waals surface area contributed by atoms with Crippen molar-refractivity contribution in [1.82, 2.24) is 48.8 Å². The lowest BCUT2D eigenvalue weighted by Crippen LogP contribution is -2.16. The second-order valence-electron chi connectivity index (χ2n) is 15.9. The van der Waals surface area contributed by atoms with Crippen molar-refractivity contribution in [1.29, 1.82) is 0 Å². The van der Waals surface area contributed by atoms with E-state index in [2.05, 4.69) is 39.8 Å². The van der Waals surface area contributed by atoms with Gasteiger partial charge in [0.2, 0.25) is 0 Å². The van der Waals surface area contributed by atoms with E-state index in [0.717, 1.165) is 45.2 Å². The molecule has 10 rings (SSSR count). The fourth-order valence-electron chi connectivity index (χ4n) is 7.47. The Hall–Kier alpha value is -7.67. The molecule has 0 saturated heterocycles. The lowest BCUT2D eigenvalue weighted by atomic mass is 10.0. The van der Waals surface area contributed by atoms with Crippen LogP contribution in [0.1, 0.15) is 22.3 Å². The van der Waals surface area contributed by atoms with Gasteiger partial charge in [-0.1, -0.05) is 125 Å². The number of hydrogen-bond donors (Lipinski definition) is 2. The Morgan fingerprint density at radius 1 is 0.611 bits per heavy atom. The molecule has 0 aliphatic carbocycles. The molecule has 0 saturated carbocycles. The van der Waals surface area contributed by atoms with Crippen LogP contribution >= 0.6 is 45.9 Å². The number of fused-ring (bicyclic) bond motifs is 2. The lowest BCUT2D eigenvalue weighted by Gasteiger charge is -2.07. The zero-order valence-corrected chi connectivity index (χ0v) is 42.0. The van der Waals surface area contributed by atoms with E-state index >= 15 is 0 Å². The van der Waals surface area contributed by atoms with Crippen molar-refractivity contribution in [3.05, 3.63) is 185 Å². The van der Waals surface area contributed by atoms with Gasteiger partial charge in [0, 0.05) is 35.8 Å². The standard InChI is InChI=1S/C47H33Cl2FN12O6S4/c1-59-46(63)37(44-55-53-42(69-44)30-6-4-3-5-7-30)40-51-23-32(25-61(40)59)57-71(65,66)20-18-27-8-10-28(11-9-27)22-29-12-14-31(15-13-29)43-54-56-45(70-43)38-41-52-24-33(26-62(41)60(2)47(38)64)58-72(67,68)21-19-34-35(48)16-17-36(50)39(34)49/h3-21,23-26,57-58H,22H2,1-2H3. The molecule has 0 aliphatic rings. The number of sulfonamides is 2. The van der Waals surface area contributed by atoms with Crippen LogP contribution in [0.15, 0.2) is 136 Å². The molecule has 0 amide bonds. The molecule has 2 N–H and O–H groups in total. The zero-order valence-electron chi connectivity index (χ0n) is 37.2. The van der Waals surface area contributed by atoms with Crippen LogP contribution in [0, 0.1) is 5.82 Å². The Morgan fingerprint density at radius 2 is 1.08 bits per heavy atom. The summed E-state index contributed by atoms with van der Waals surface area (Å²) in [5.41, 5.74) is 4.58. The van der Waals surface area contributed by atoms with Gasteiger partial charge in [0.1, 0.15) is 27.0 Å². The van der Waals surface area contributed by atoms with E-state index in [4.69, 9.17) is 23.2 Å². The summed E-state index contributed by atoms with van der Waals surface area (Å²) in [7, 11) is -5.09. The average molecular weight is 1080 g/mol. The Labute approximate surface area is 425 Å². The summed E-state index contributed by atoms with van der Waals surface area (Å²) in [4.78, 5) is 35.6. The summed E-state index contributed by atoms with van der Waals surface area (Å²) < 4.78 is 76.3. The molecule has 6 aromatic heterocycles. The van der Waals surface area contributed by atoms with Gasteiger partial charge in [0.15, 0.2) is 21.3 Å². The molecular formula is C47H33Cl2FN12O6S4. The van der Waals surface area contributed by atoms with Gasteiger partial charge in [-0.25, -0.2) is 49.6 Å². The van der Waals surface area contributed by atoms with Crippen LogP contribution in [0.3, 0.4) is 0 Å². The van der Waals surface area contributed by atoms with Gasteiger partial charge in [0.25, 0.3) is 31.2 Å². The first-order chi connectivity index (χ1) is 34.5. The zero-order chi connectivity index (χ0) is 50.5. The second-order valence-corrected chi connectivity index (χ2v) is 21.8. The minimum absolute atomic E-state index is 0.0110. The summed E-state index contributed by atoms with van der Waals surface area (Å²) in [6.07, 6.45) is 8.57. The Bertz CT molecular complexity index is 4170. The molecular weight excluding hydrogens is 1050 g/mol. The summed E-state index contributed by atoms with van der Waals surface area (Å²) in [6.45, 7) is 0. The highest BCUT2D eigenvalue weighted by Crippen LogP contribution is 2.33. The third-order valence-electron chi connectivity index (χ3n) is 11.1. The topological polar surface area (TPSA) is 222 Å². The number of aryl methyl sites for hydroxylation is 2. The van der Waals surface area contributed by atoms with Crippen molar-refractivity contribution in [2.24, 2.45) is 14.1 Å². The highest BCUT2D eigenvalue weighted by Gasteiger charge is 2.23. The van der Waals surface area contributed by atoms with Crippen molar-refractivity contribution in [3.8, 4) is 42.3 Å². The minimum Gasteiger partial charge on any atom is -0.277 e. The predicted octanol–water partition coefficient (Wildman–Crippen LogP) is 8.61. The Kier molecular flexibility index (Phi) is 12.8. The summed E-state index contributed by atoms with van der Waals surface area (Å²) >= 11 is 14.5. The molecule has 0 bridgehead atoms. The molecule has 0 unspecified atom stereocenters. The van der Waals surface area contributed by atoms with Crippen molar-refractivity contribution in [3.63, 3.8) is 0 Å². The summed E-state index contributed by atoms with van der Waals surface area (Å²) in [5.74, 6) is -0.762. The van der Waals surface area contributed by atoms with Crippen LogP contribution in [-0.4, -0.2) is 65.6 Å². The van der Waals surface area contributed by atoms with E-state index in [0.29, 0.717) is 37.7 Å². The maximum Gasteiger partial charge on any atom is 0.279 e. The van der Waals surface area contributed by atoms with Crippen LogP contribution in [0.4, 0.5) is 15.8 Å². The van der Waals surface area contributed by atoms with E-state index in [-0.39, 0.29) is 49.3 Å².